The van der Waals surface area contributed by atoms with Crippen LogP contribution in [0.5, 0.6) is 0 Å². The lowest BCUT2D eigenvalue weighted by Gasteiger charge is -2.13. The van der Waals surface area contributed by atoms with Crippen molar-refractivity contribution in [2.24, 2.45) is 0 Å². The van der Waals surface area contributed by atoms with E-state index >= 15 is 0 Å². The molecule has 0 saturated heterocycles. The van der Waals surface area contributed by atoms with Gasteiger partial charge < -0.3 is 5.32 Å². The first-order valence-corrected chi connectivity index (χ1v) is 7.77. The molecule has 0 aliphatic heterocycles. The van der Waals surface area contributed by atoms with Gasteiger partial charge in [-0.25, -0.2) is 0 Å². The van der Waals surface area contributed by atoms with Gasteiger partial charge in [-0.3, -0.25) is 10.1 Å². The molecule has 0 aromatic heterocycles. The van der Waals surface area contributed by atoms with Crippen LogP contribution in [0.2, 0.25) is 0 Å². The minimum Gasteiger partial charge on any atom is -0.312 e. The van der Waals surface area contributed by atoms with Crippen LogP contribution >= 0.6 is 15.9 Å². The number of non-ortho nitro benzene ring substituents is 1. The van der Waals surface area contributed by atoms with Crippen LogP contribution in [0.25, 0.3) is 0 Å². The Morgan fingerprint density at radius 1 is 1.30 bits per heavy atom. The standard InChI is InChI=1S/C15H19BrN2O2/c16-14-8-13(9-15(10-14)18(19)20)11-17-7-6-12-4-2-1-3-5-12/h4,8-10,17H,1-3,5-7,11H2. The summed E-state index contributed by atoms with van der Waals surface area (Å²) in [5, 5.41) is 14.2. The molecule has 0 unspecified atom stereocenters. The van der Waals surface area contributed by atoms with E-state index in [1.165, 1.54) is 31.7 Å². The molecule has 0 heterocycles. The molecule has 2 rings (SSSR count). The van der Waals surface area contributed by atoms with Crippen molar-refractivity contribution in [2.45, 2.75) is 38.6 Å². The van der Waals surface area contributed by atoms with Crippen molar-refractivity contribution in [2.75, 3.05) is 6.54 Å². The molecule has 0 amide bonds. The number of nitro groups is 1. The van der Waals surface area contributed by atoms with Gasteiger partial charge >= 0.3 is 0 Å². The molecule has 0 bridgehead atoms. The summed E-state index contributed by atoms with van der Waals surface area (Å²) < 4.78 is 0.749. The summed E-state index contributed by atoms with van der Waals surface area (Å²) in [4.78, 5) is 10.4. The van der Waals surface area contributed by atoms with Crippen LogP contribution < -0.4 is 5.32 Å². The van der Waals surface area contributed by atoms with Gasteiger partial charge in [0, 0.05) is 23.2 Å². The van der Waals surface area contributed by atoms with E-state index in [-0.39, 0.29) is 10.6 Å². The molecule has 1 N–H and O–H groups in total. The number of nitro benzene ring substituents is 1. The quantitative estimate of drug-likeness (QED) is 0.363. The lowest BCUT2D eigenvalue weighted by molar-refractivity contribution is -0.385. The van der Waals surface area contributed by atoms with Gasteiger partial charge in [-0.05, 0) is 50.3 Å². The van der Waals surface area contributed by atoms with E-state index in [0.717, 1.165) is 23.0 Å². The zero-order valence-corrected chi connectivity index (χ0v) is 13.0. The number of nitrogens with one attached hydrogen (secondary N) is 1. The molecule has 4 nitrogen and oxygen atoms in total. The summed E-state index contributed by atoms with van der Waals surface area (Å²) in [7, 11) is 0. The van der Waals surface area contributed by atoms with Crippen molar-refractivity contribution < 1.29 is 4.92 Å². The Morgan fingerprint density at radius 2 is 2.15 bits per heavy atom. The minimum absolute atomic E-state index is 0.131. The van der Waals surface area contributed by atoms with Crippen LogP contribution in [0, 0.1) is 10.1 Å². The SMILES string of the molecule is O=[N+]([O-])c1cc(Br)cc(CNCCC2=CCCCC2)c1. The third kappa shape index (κ3) is 4.72. The minimum atomic E-state index is -0.360. The van der Waals surface area contributed by atoms with Crippen molar-refractivity contribution in [1.29, 1.82) is 0 Å². The predicted molar refractivity (Wildman–Crippen MR) is 83.7 cm³/mol. The zero-order chi connectivity index (χ0) is 14.4. The summed E-state index contributed by atoms with van der Waals surface area (Å²) in [6.45, 7) is 1.58. The Morgan fingerprint density at radius 3 is 2.85 bits per heavy atom. The molecule has 0 atom stereocenters. The highest BCUT2D eigenvalue weighted by Gasteiger charge is 2.08. The number of benzene rings is 1. The van der Waals surface area contributed by atoms with Crippen LogP contribution in [0.1, 0.15) is 37.7 Å². The van der Waals surface area contributed by atoms with E-state index in [1.807, 2.05) is 6.07 Å². The molecular weight excluding hydrogens is 320 g/mol. The molecule has 0 radical (unpaired) electrons. The average molecular weight is 339 g/mol. The van der Waals surface area contributed by atoms with E-state index in [2.05, 4.69) is 27.3 Å². The van der Waals surface area contributed by atoms with E-state index in [1.54, 1.807) is 11.6 Å². The van der Waals surface area contributed by atoms with Crippen molar-refractivity contribution >= 4 is 21.6 Å². The fourth-order valence-corrected chi connectivity index (χ4v) is 2.98. The first kappa shape index (κ1) is 15.2. The second kappa shape index (κ2) is 7.55. The Labute approximate surface area is 127 Å². The topological polar surface area (TPSA) is 55.2 Å². The fraction of sp³-hybridized carbons (Fsp3) is 0.467. The lowest BCUT2D eigenvalue weighted by Crippen LogP contribution is -2.15. The van der Waals surface area contributed by atoms with Crippen LogP contribution in [0.4, 0.5) is 5.69 Å². The molecular formula is C15H19BrN2O2. The van der Waals surface area contributed by atoms with Gasteiger partial charge in [0.2, 0.25) is 0 Å². The fourth-order valence-electron chi connectivity index (χ4n) is 2.45. The summed E-state index contributed by atoms with van der Waals surface area (Å²) in [6, 6.07) is 5.06. The van der Waals surface area contributed by atoms with Crippen molar-refractivity contribution in [3.8, 4) is 0 Å². The maximum atomic E-state index is 10.8. The molecule has 0 spiro atoms. The maximum Gasteiger partial charge on any atom is 0.270 e. The molecule has 20 heavy (non-hydrogen) atoms. The Kier molecular flexibility index (Phi) is 5.73. The number of nitrogens with zero attached hydrogens (tertiary/aromatic N) is 1. The molecule has 108 valence electrons. The third-order valence-electron chi connectivity index (χ3n) is 3.49. The first-order valence-electron chi connectivity index (χ1n) is 6.97. The highest BCUT2D eigenvalue weighted by atomic mass is 79.9. The monoisotopic (exact) mass is 338 g/mol. The van der Waals surface area contributed by atoms with E-state index < -0.39 is 0 Å². The molecule has 1 aliphatic carbocycles. The maximum absolute atomic E-state index is 10.8. The van der Waals surface area contributed by atoms with Gasteiger partial charge in [-0.2, -0.15) is 0 Å². The summed E-state index contributed by atoms with van der Waals surface area (Å²) in [5.74, 6) is 0. The Bertz CT molecular complexity index is 515. The van der Waals surface area contributed by atoms with Gasteiger partial charge in [0.15, 0.2) is 0 Å². The number of rotatable bonds is 6. The number of hydrogen-bond donors (Lipinski definition) is 1. The Balaban J connectivity index is 1.81. The third-order valence-corrected chi connectivity index (χ3v) is 3.95. The molecule has 5 heteroatoms. The van der Waals surface area contributed by atoms with Crippen LogP contribution in [-0.2, 0) is 6.54 Å². The van der Waals surface area contributed by atoms with Crippen LogP contribution in [0.15, 0.2) is 34.3 Å². The van der Waals surface area contributed by atoms with Gasteiger partial charge in [0.25, 0.3) is 5.69 Å². The van der Waals surface area contributed by atoms with E-state index in [9.17, 15) is 10.1 Å². The van der Waals surface area contributed by atoms with Gasteiger partial charge in [-0.1, -0.05) is 27.6 Å². The first-order chi connectivity index (χ1) is 9.65. The van der Waals surface area contributed by atoms with Crippen molar-refractivity contribution in [3.63, 3.8) is 0 Å². The van der Waals surface area contributed by atoms with E-state index in [0.29, 0.717) is 6.54 Å². The predicted octanol–water partition coefficient (Wildman–Crippen LogP) is 4.34. The Hall–Kier alpha value is -1.20. The van der Waals surface area contributed by atoms with Crippen LogP contribution in [0.3, 0.4) is 0 Å². The second-order valence-electron chi connectivity index (χ2n) is 5.11. The normalized spacial score (nSPS) is 14.9. The van der Waals surface area contributed by atoms with Gasteiger partial charge in [0.05, 0.1) is 4.92 Å². The zero-order valence-electron chi connectivity index (χ0n) is 11.4. The molecule has 0 saturated carbocycles. The van der Waals surface area contributed by atoms with Gasteiger partial charge in [-0.15, -0.1) is 0 Å². The smallest absolute Gasteiger partial charge is 0.270 e. The largest absolute Gasteiger partial charge is 0.312 e. The average Bonchev–Trinajstić information content (AvgIpc) is 2.44. The number of halogens is 1. The van der Waals surface area contributed by atoms with Gasteiger partial charge in [0.1, 0.15) is 0 Å². The molecule has 1 aliphatic rings. The molecule has 1 aromatic carbocycles. The second-order valence-corrected chi connectivity index (χ2v) is 6.03. The number of hydrogen-bond acceptors (Lipinski definition) is 3. The van der Waals surface area contributed by atoms with Crippen molar-refractivity contribution in [1.82, 2.24) is 5.32 Å². The summed E-state index contributed by atoms with van der Waals surface area (Å²) in [5.41, 5.74) is 2.61. The number of allylic oxidation sites excluding steroid dienone is 1. The highest BCUT2D eigenvalue weighted by Crippen LogP contribution is 2.22. The van der Waals surface area contributed by atoms with E-state index in [4.69, 9.17) is 0 Å². The molecule has 1 aromatic rings. The van der Waals surface area contributed by atoms with Crippen molar-refractivity contribution in [3.05, 3.63) is 50.0 Å². The molecule has 0 fully saturated rings. The summed E-state index contributed by atoms with van der Waals surface area (Å²) >= 11 is 3.31. The van der Waals surface area contributed by atoms with Crippen LogP contribution in [-0.4, -0.2) is 11.5 Å². The summed E-state index contributed by atoms with van der Waals surface area (Å²) in [6.07, 6.45) is 8.50. The highest BCUT2D eigenvalue weighted by molar-refractivity contribution is 9.10. The lowest BCUT2D eigenvalue weighted by atomic mass is 9.97.